The first-order valence-electron chi connectivity index (χ1n) is 8.73. The molecule has 2 aromatic rings. The van der Waals surface area contributed by atoms with Crippen LogP contribution in [0.25, 0.3) is 5.65 Å². The van der Waals surface area contributed by atoms with Crippen molar-refractivity contribution in [1.29, 1.82) is 0 Å². The third kappa shape index (κ3) is 3.60. The maximum absolute atomic E-state index is 12.9. The predicted molar refractivity (Wildman–Crippen MR) is 105 cm³/mol. The highest BCUT2D eigenvalue weighted by atomic mass is 32.3. The van der Waals surface area contributed by atoms with E-state index in [4.69, 9.17) is 0 Å². The number of fused-ring (bicyclic) bond motifs is 1. The van der Waals surface area contributed by atoms with E-state index in [-0.39, 0.29) is 22.9 Å². The summed E-state index contributed by atoms with van der Waals surface area (Å²) >= 11 is 0. The van der Waals surface area contributed by atoms with Gasteiger partial charge in [0.05, 0.1) is 0 Å². The lowest BCUT2D eigenvalue weighted by Crippen LogP contribution is -2.35. The zero-order valence-corrected chi connectivity index (χ0v) is 17.1. The number of hydrogen-bond acceptors (Lipinski definition) is 4. The van der Waals surface area contributed by atoms with E-state index in [1.54, 1.807) is 4.57 Å². The van der Waals surface area contributed by atoms with Crippen LogP contribution in [0, 0.1) is 5.41 Å². The average molecular weight is 381 g/mol. The van der Waals surface area contributed by atoms with Crippen LogP contribution in [0.15, 0.2) is 15.9 Å². The molecular weight excluding hydrogens is 352 g/mol. The topological polar surface area (TPSA) is 88.6 Å². The highest BCUT2D eigenvalue weighted by Gasteiger charge is 2.30. The van der Waals surface area contributed by atoms with E-state index in [1.165, 1.54) is 4.52 Å². The molecule has 0 bridgehead atoms. The number of carbonyl (C=O) groups is 1. The van der Waals surface area contributed by atoms with Crippen molar-refractivity contribution in [2.75, 3.05) is 18.8 Å². The molecule has 1 aliphatic carbocycles. The van der Waals surface area contributed by atoms with Crippen LogP contribution in [-0.2, 0) is 6.54 Å². The summed E-state index contributed by atoms with van der Waals surface area (Å²) in [6.45, 7) is 6.57. The van der Waals surface area contributed by atoms with Crippen molar-refractivity contribution >= 4 is 21.6 Å². The van der Waals surface area contributed by atoms with Gasteiger partial charge < -0.3 is 10.4 Å². The monoisotopic (exact) mass is 380 g/mol. The fourth-order valence-electron chi connectivity index (χ4n) is 2.75. The normalized spacial score (nSPS) is 16.1. The smallest absolute Gasteiger partial charge is 0.291 e. The fourth-order valence-corrected chi connectivity index (χ4v) is 3.54. The molecule has 0 radical (unpaired) electrons. The van der Waals surface area contributed by atoms with Crippen molar-refractivity contribution < 1.29 is 9.90 Å². The molecule has 0 unspecified atom stereocenters. The number of rotatable bonds is 4. The molecule has 2 aromatic heterocycles. The van der Waals surface area contributed by atoms with Crippen LogP contribution in [0.5, 0.6) is 5.88 Å². The van der Waals surface area contributed by atoms with Crippen LogP contribution in [0.4, 0.5) is 0 Å². The first-order valence-corrected chi connectivity index (χ1v) is 11.6. The Kier molecular flexibility index (Phi) is 4.37. The first kappa shape index (κ1) is 18.8. The standard InChI is InChI=1S/C18H28N4O3S/c1-18(2,3)10-21-13-9-12(26(4,5)6)20-22(13)17(25)14(16(21)24)15(23)19-11-7-8-11/h9,11,24H,7-8,10H2,1-6H3,(H,19,23). The summed E-state index contributed by atoms with van der Waals surface area (Å²) in [7, 11) is -1.16. The van der Waals surface area contributed by atoms with Gasteiger partial charge in [0.15, 0.2) is 5.56 Å². The van der Waals surface area contributed by atoms with Gasteiger partial charge in [0.25, 0.3) is 11.5 Å². The second-order valence-corrected chi connectivity index (χ2v) is 13.1. The second kappa shape index (κ2) is 6.04. The number of hydrogen-bond donors (Lipinski definition) is 2. The summed E-state index contributed by atoms with van der Waals surface area (Å²) in [5, 5.41) is 18.9. The Morgan fingerprint density at radius 3 is 2.46 bits per heavy atom. The maximum Gasteiger partial charge on any atom is 0.291 e. The van der Waals surface area contributed by atoms with E-state index < -0.39 is 21.5 Å². The molecule has 0 aliphatic heterocycles. The molecule has 2 N–H and O–H groups in total. The minimum Gasteiger partial charge on any atom is -0.494 e. The number of carbonyl (C=O) groups excluding carboxylic acids is 1. The lowest BCUT2D eigenvalue weighted by molar-refractivity contribution is 0.0944. The highest BCUT2D eigenvalue weighted by molar-refractivity contribution is 8.32. The van der Waals surface area contributed by atoms with E-state index in [0.717, 1.165) is 17.9 Å². The van der Waals surface area contributed by atoms with Gasteiger partial charge in [0.2, 0.25) is 5.88 Å². The van der Waals surface area contributed by atoms with Gasteiger partial charge in [-0.15, -0.1) is 0 Å². The van der Waals surface area contributed by atoms with E-state index in [1.807, 2.05) is 26.8 Å². The summed E-state index contributed by atoms with van der Waals surface area (Å²) in [6, 6.07) is 1.95. The molecular formula is C18H28N4O3S. The number of nitrogens with one attached hydrogen (secondary N) is 1. The Labute approximate surface area is 154 Å². The molecule has 26 heavy (non-hydrogen) atoms. The van der Waals surface area contributed by atoms with Crippen LogP contribution in [0.2, 0.25) is 0 Å². The third-order valence-corrected chi connectivity index (χ3v) is 5.68. The van der Waals surface area contributed by atoms with Crippen LogP contribution in [0.3, 0.4) is 0 Å². The highest BCUT2D eigenvalue weighted by Crippen LogP contribution is 2.44. The van der Waals surface area contributed by atoms with Crippen molar-refractivity contribution in [1.82, 2.24) is 19.5 Å². The van der Waals surface area contributed by atoms with E-state index in [9.17, 15) is 14.7 Å². The molecule has 0 aromatic carbocycles. The lowest BCUT2D eigenvalue weighted by Gasteiger charge is -2.23. The van der Waals surface area contributed by atoms with Crippen LogP contribution >= 0.6 is 10.0 Å². The quantitative estimate of drug-likeness (QED) is 0.851. The molecule has 8 heteroatoms. The van der Waals surface area contributed by atoms with Crippen molar-refractivity contribution in [3.63, 3.8) is 0 Å². The Morgan fingerprint density at radius 2 is 1.96 bits per heavy atom. The molecule has 1 aliphatic rings. The minimum atomic E-state index is -1.16. The summed E-state index contributed by atoms with van der Waals surface area (Å²) < 4.78 is 2.89. The summed E-state index contributed by atoms with van der Waals surface area (Å²) in [5.41, 5.74) is -0.443. The molecule has 0 saturated heterocycles. The summed E-state index contributed by atoms with van der Waals surface area (Å²) in [5.74, 6) is -0.814. The van der Waals surface area contributed by atoms with Crippen LogP contribution in [0.1, 0.15) is 44.0 Å². The van der Waals surface area contributed by atoms with Gasteiger partial charge in [0.1, 0.15) is 10.7 Å². The van der Waals surface area contributed by atoms with E-state index >= 15 is 0 Å². The third-order valence-electron chi connectivity index (χ3n) is 4.23. The van der Waals surface area contributed by atoms with Gasteiger partial charge in [-0.25, -0.2) is 10.0 Å². The van der Waals surface area contributed by atoms with E-state index in [2.05, 4.69) is 29.2 Å². The SMILES string of the molecule is CC(C)(C)Cn1c(O)c(C(=O)NC2CC2)c(=O)n2nc(S(C)(C)C)cc12. The number of aromatic nitrogens is 3. The molecule has 1 saturated carbocycles. The van der Waals surface area contributed by atoms with Gasteiger partial charge in [-0.05, 0) is 37.0 Å². The zero-order valence-electron chi connectivity index (χ0n) is 16.3. The van der Waals surface area contributed by atoms with Gasteiger partial charge in [-0.3, -0.25) is 14.2 Å². The molecule has 0 atom stereocenters. The van der Waals surface area contributed by atoms with Gasteiger partial charge in [-0.1, -0.05) is 20.8 Å². The van der Waals surface area contributed by atoms with E-state index in [0.29, 0.717) is 12.2 Å². The summed E-state index contributed by atoms with van der Waals surface area (Å²) in [6.07, 6.45) is 8.09. The molecule has 2 heterocycles. The number of aromatic hydroxyl groups is 1. The van der Waals surface area contributed by atoms with Crippen molar-refractivity contribution in [2.45, 2.75) is 51.2 Å². The molecule has 3 rings (SSSR count). The van der Waals surface area contributed by atoms with Crippen LogP contribution < -0.4 is 10.9 Å². The fraction of sp³-hybridized carbons (Fsp3) is 0.611. The lowest BCUT2D eigenvalue weighted by atomic mass is 9.96. The first-order chi connectivity index (χ1) is 11.9. The Bertz CT molecular complexity index is 927. The zero-order chi connectivity index (χ0) is 19.4. The number of nitrogens with zero attached hydrogens (tertiary/aromatic N) is 3. The predicted octanol–water partition coefficient (Wildman–Crippen LogP) is 2.19. The maximum atomic E-state index is 12.9. The van der Waals surface area contributed by atoms with Crippen molar-refractivity contribution in [2.24, 2.45) is 5.41 Å². The molecule has 144 valence electrons. The molecule has 0 spiro atoms. The Hall–Kier alpha value is -1.96. The Balaban J connectivity index is 2.27. The van der Waals surface area contributed by atoms with Gasteiger partial charge in [-0.2, -0.15) is 9.61 Å². The molecule has 7 nitrogen and oxygen atoms in total. The molecule has 1 amide bonds. The van der Waals surface area contributed by atoms with Gasteiger partial charge >= 0.3 is 0 Å². The van der Waals surface area contributed by atoms with Gasteiger partial charge in [0, 0.05) is 18.7 Å². The van der Waals surface area contributed by atoms with Crippen molar-refractivity contribution in [3.8, 4) is 5.88 Å². The number of amides is 1. The largest absolute Gasteiger partial charge is 0.494 e. The molecule has 1 fully saturated rings. The minimum absolute atomic E-state index is 0.0975. The second-order valence-electron chi connectivity index (χ2n) is 8.99. The Morgan fingerprint density at radius 1 is 1.35 bits per heavy atom. The van der Waals surface area contributed by atoms with Crippen molar-refractivity contribution in [3.05, 3.63) is 22.0 Å². The summed E-state index contributed by atoms with van der Waals surface area (Å²) in [4.78, 5) is 25.5. The average Bonchev–Trinajstić information content (AvgIpc) is 3.15. The van der Waals surface area contributed by atoms with Crippen LogP contribution in [-0.4, -0.2) is 50.0 Å².